The normalized spacial score (nSPS) is 26.4. The van der Waals surface area contributed by atoms with Crippen LogP contribution in [0.3, 0.4) is 0 Å². The molecule has 1 unspecified atom stereocenters. The first-order valence-electron chi connectivity index (χ1n) is 7.50. The molecular formula is C17H24O5. The molecule has 5 nitrogen and oxygen atoms in total. The van der Waals surface area contributed by atoms with Crippen LogP contribution in [-0.2, 0) is 9.47 Å². The highest BCUT2D eigenvalue weighted by molar-refractivity contribution is 5.27. The van der Waals surface area contributed by atoms with Gasteiger partial charge in [0.1, 0.15) is 5.75 Å². The first kappa shape index (κ1) is 17.0. The van der Waals surface area contributed by atoms with E-state index in [1.165, 1.54) is 0 Å². The Morgan fingerprint density at radius 2 is 2.00 bits per heavy atom. The molecule has 1 heterocycles. The van der Waals surface area contributed by atoms with E-state index in [9.17, 15) is 10.2 Å². The van der Waals surface area contributed by atoms with Crippen molar-refractivity contribution in [3.63, 3.8) is 0 Å². The number of rotatable bonds is 7. The lowest BCUT2D eigenvalue weighted by molar-refractivity contribution is -0.167. The van der Waals surface area contributed by atoms with Crippen LogP contribution >= 0.6 is 0 Å². The number of hydrogen-bond donors (Lipinski definition) is 2. The fourth-order valence-electron chi connectivity index (χ4n) is 2.59. The number of aliphatic hydroxyl groups excluding tert-OH is 2. The van der Waals surface area contributed by atoms with Gasteiger partial charge in [0.05, 0.1) is 32.0 Å². The number of hydrogen-bond acceptors (Lipinski definition) is 5. The highest BCUT2D eigenvalue weighted by Gasteiger charge is 2.28. The number of ether oxygens (including phenoxy) is 3. The van der Waals surface area contributed by atoms with Crippen LogP contribution in [0.25, 0.3) is 0 Å². The average Bonchev–Trinajstić information content (AvgIpc) is 2.52. The van der Waals surface area contributed by atoms with Crippen LogP contribution in [0.4, 0.5) is 0 Å². The second-order valence-electron chi connectivity index (χ2n) is 5.49. The fourth-order valence-corrected chi connectivity index (χ4v) is 2.59. The Morgan fingerprint density at radius 1 is 1.32 bits per heavy atom. The molecule has 1 saturated heterocycles. The first-order chi connectivity index (χ1) is 10.6. The molecule has 4 atom stereocenters. The van der Waals surface area contributed by atoms with E-state index in [-0.39, 0.29) is 18.8 Å². The van der Waals surface area contributed by atoms with E-state index >= 15 is 0 Å². The molecule has 1 aromatic rings. The van der Waals surface area contributed by atoms with Gasteiger partial charge >= 0.3 is 0 Å². The van der Waals surface area contributed by atoms with Crippen molar-refractivity contribution in [2.45, 2.75) is 43.9 Å². The molecular weight excluding hydrogens is 284 g/mol. The molecule has 0 aliphatic carbocycles. The summed E-state index contributed by atoms with van der Waals surface area (Å²) in [6, 6.07) is 7.03. The third-order valence-electron chi connectivity index (χ3n) is 3.73. The molecule has 1 aromatic carbocycles. The van der Waals surface area contributed by atoms with Crippen molar-refractivity contribution in [3.05, 3.63) is 42.5 Å². The molecule has 22 heavy (non-hydrogen) atoms. The Morgan fingerprint density at radius 3 is 2.64 bits per heavy atom. The topological polar surface area (TPSA) is 68.2 Å². The molecule has 0 saturated carbocycles. The van der Waals surface area contributed by atoms with Crippen molar-refractivity contribution in [3.8, 4) is 5.75 Å². The van der Waals surface area contributed by atoms with Crippen LogP contribution in [0.2, 0.25) is 0 Å². The summed E-state index contributed by atoms with van der Waals surface area (Å²) in [7, 11) is 1.59. The molecule has 0 aromatic heterocycles. The minimum atomic E-state index is -1.02. The molecule has 0 radical (unpaired) electrons. The van der Waals surface area contributed by atoms with Gasteiger partial charge in [-0.3, -0.25) is 0 Å². The van der Waals surface area contributed by atoms with Crippen molar-refractivity contribution in [2.75, 3.05) is 13.7 Å². The number of aliphatic hydroxyl groups is 2. The lowest BCUT2D eigenvalue weighted by Crippen LogP contribution is -2.38. The van der Waals surface area contributed by atoms with Gasteiger partial charge < -0.3 is 24.4 Å². The Bertz CT molecular complexity index is 459. The van der Waals surface area contributed by atoms with E-state index in [0.717, 1.165) is 5.75 Å². The molecule has 5 heteroatoms. The van der Waals surface area contributed by atoms with Gasteiger partial charge in [0, 0.05) is 12.0 Å². The Balaban J connectivity index is 1.84. The molecule has 0 bridgehead atoms. The SMILES string of the molecule is C=CC[C@@H]1C[C@@H](O)C[C@@H](COC(O)c2ccc(OC)cc2)O1. The molecule has 0 spiro atoms. The van der Waals surface area contributed by atoms with E-state index < -0.39 is 12.4 Å². The minimum absolute atomic E-state index is 0.0343. The maximum absolute atomic E-state index is 10.1. The number of methoxy groups -OCH3 is 1. The minimum Gasteiger partial charge on any atom is -0.497 e. The highest BCUT2D eigenvalue weighted by Crippen LogP contribution is 2.24. The van der Waals surface area contributed by atoms with E-state index in [4.69, 9.17) is 14.2 Å². The summed E-state index contributed by atoms with van der Waals surface area (Å²) >= 11 is 0. The van der Waals surface area contributed by atoms with Gasteiger partial charge in [0.15, 0.2) is 6.29 Å². The zero-order chi connectivity index (χ0) is 15.9. The van der Waals surface area contributed by atoms with Crippen molar-refractivity contribution in [2.24, 2.45) is 0 Å². The van der Waals surface area contributed by atoms with Crippen LogP contribution in [0, 0.1) is 0 Å². The van der Waals surface area contributed by atoms with Gasteiger partial charge in [-0.1, -0.05) is 18.2 Å². The van der Waals surface area contributed by atoms with Gasteiger partial charge in [-0.05, 0) is 25.0 Å². The highest BCUT2D eigenvalue weighted by atomic mass is 16.6. The van der Waals surface area contributed by atoms with E-state index in [2.05, 4.69) is 6.58 Å². The summed E-state index contributed by atoms with van der Waals surface area (Å²) < 4.78 is 16.4. The van der Waals surface area contributed by atoms with Crippen molar-refractivity contribution >= 4 is 0 Å². The monoisotopic (exact) mass is 308 g/mol. The molecule has 2 N–H and O–H groups in total. The predicted octanol–water partition coefficient (Wildman–Crippen LogP) is 2.19. The van der Waals surface area contributed by atoms with Gasteiger partial charge in [0.2, 0.25) is 0 Å². The van der Waals surface area contributed by atoms with Crippen molar-refractivity contribution in [1.29, 1.82) is 0 Å². The van der Waals surface area contributed by atoms with Gasteiger partial charge in [-0.2, -0.15) is 0 Å². The van der Waals surface area contributed by atoms with Gasteiger partial charge in [-0.15, -0.1) is 6.58 Å². The molecule has 122 valence electrons. The quantitative estimate of drug-likeness (QED) is 0.597. The Hall–Kier alpha value is -1.40. The average molecular weight is 308 g/mol. The van der Waals surface area contributed by atoms with Gasteiger partial charge in [0.25, 0.3) is 0 Å². The smallest absolute Gasteiger partial charge is 0.181 e. The predicted molar refractivity (Wildman–Crippen MR) is 82.6 cm³/mol. The summed E-state index contributed by atoms with van der Waals surface area (Å²) in [6.07, 6.45) is 1.94. The van der Waals surface area contributed by atoms with E-state index in [1.807, 2.05) is 0 Å². The van der Waals surface area contributed by atoms with E-state index in [0.29, 0.717) is 24.8 Å². The molecule has 2 rings (SSSR count). The largest absolute Gasteiger partial charge is 0.497 e. The zero-order valence-corrected chi connectivity index (χ0v) is 12.9. The standard InChI is InChI=1S/C17H24O5/c1-3-4-15-9-13(18)10-16(22-15)11-21-17(19)12-5-7-14(20-2)8-6-12/h3,5-8,13,15-19H,1,4,9-11H2,2H3/t13-,15-,16+,17?/m1/s1. The summed E-state index contributed by atoms with van der Waals surface area (Å²) in [6.45, 7) is 3.92. The maximum atomic E-state index is 10.1. The van der Waals surface area contributed by atoms with Crippen molar-refractivity contribution < 1.29 is 24.4 Å². The molecule has 1 fully saturated rings. The molecule has 1 aliphatic heterocycles. The van der Waals surface area contributed by atoms with Crippen LogP contribution in [0.5, 0.6) is 5.75 Å². The second kappa shape index (κ2) is 8.29. The maximum Gasteiger partial charge on any atom is 0.181 e. The Kier molecular flexibility index (Phi) is 6.39. The first-order valence-corrected chi connectivity index (χ1v) is 7.50. The number of benzene rings is 1. The Labute approximate surface area is 131 Å². The molecule has 0 amide bonds. The van der Waals surface area contributed by atoms with Gasteiger partial charge in [-0.25, -0.2) is 0 Å². The van der Waals surface area contributed by atoms with Crippen LogP contribution < -0.4 is 4.74 Å². The second-order valence-corrected chi connectivity index (χ2v) is 5.49. The lowest BCUT2D eigenvalue weighted by atomic mass is 9.99. The molecule has 1 aliphatic rings. The van der Waals surface area contributed by atoms with Crippen molar-refractivity contribution in [1.82, 2.24) is 0 Å². The lowest BCUT2D eigenvalue weighted by Gasteiger charge is -2.33. The third kappa shape index (κ3) is 4.81. The fraction of sp³-hybridized carbons (Fsp3) is 0.529. The van der Waals surface area contributed by atoms with Crippen LogP contribution in [0.15, 0.2) is 36.9 Å². The third-order valence-corrected chi connectivity index (χ3v) is 3.73. The summed E-state index contributed by atoms with van der Waals surface area (Å²) in [5.74, 6) is 0.724. The summed E-state index contributed by atoms with van der Waals surface area (Å²) in [5.41, 5.74) is 0.653. The van der Waals surface area contributed by atoms with E-state index in [1.54, 1.807) is 37.5 Å². The summed E-state index contributed by atoms with van der Waals surface area (Å²) in [4.78, 5) is 0. The zero-order valence-electron chi connectivity index (χ0n) is 12.9. The van der Waals surface area contributed by atoms with Crippen LogP contribution in [-0.4, -0.2) is 42.2 Å². The summed E-state index contributed by atoms with van der Waals surface area (Å²) in [5, 5.41) is 19.9. The van der Waals surface area contributed by atoms with Crippen LogP contribution in [0.1, 0.15) is 31.1 Å².